The van der Waals surface area contributed by atoms with E-state index in [0.717, 1.165) is 12.0 Å². The zero-order valence-corrected chi connectivity index (χ0v) is 14.9. The number of amides is 1. The molecule has 0 saturated carbocycles. The number of nitro benzene ring substituents is 1. The minimum atomic E-state index is -0.449. The van der Waals surface area contributed by atoms with Crippen LogP contribution in [0.5, 0.6) is 0 Å². The molecule has 2 heterocycles. The summed E-state index contributed by atoms with van der Waals surface area (Å²) in [6, 6.07) is 9.62. The van der Waals surface area contributed by atoms with Crippen molar-refractivity contribution in [2.45, 2.75) is 13.3 Å². The van der Waals surface area contributed by atoms with Crippen LogP contribution in [0.25, 0.3) is 17.4 Å². The lowest BCUT2D eigenvalue weighted by Gasteiger charge is -2.11. The average Bonchev–Trinajstić information content (AvgIpc) is 3.16. The average molecular weight is 374 g/mol. The van der Waals surface area contributed by atoms with E-state index in [1.54, 1.807) is 35.2 Å². The van der Waals surface area contributed by atoms with Crippen LogP contribution in [0, 0.1) is 10.1 Å². The van der Waals surface area contributed by atoms with Crippen molar-refractivity contribution in [2.75, 3.05) is 6.54 Å². The lowest BCUT2D eigenvalue weighted by molar-refractivity contribution is -0.384. The van der Waals surface area contributed by atoms with Crippen LogP contribution < -0.4 is 0 Å². The van der Waals surface area contributed by atoms with Gasteiger partial charge < -0.3 is 4.42 Å². The van der Waals surface area contributed by atoms with Gasteiger partial charge in [0, 0.05) is 30.3 Å². The first-order valence-corrected chi connectivity index (χ1v) is 8.82. The van der Waals surface area contributed by atoms with E-state index in [2.05, 4.69) is 0 Å². The Kier molecular flexibility index (Phi) is 5.00. The van der Waals surface area contributed by atoms with E-state index in [9.17, 15) is 14.9 Å². The topological polar surface area (TPSA) is 76.6 Å². The summed E-state index contributed by atoms with van der Waals surface area (Å²) in [5.74, 6) is 1.00. The smallest absolute Gasteiger partial charge is 0.269 e. The van der Waals surface area contributed by atoms with Crippen molar-refractivity contribution in [3.63, 3.8) is 0 Å². The third-order valence-electron chi connectivity index (χ3n) is 3.58. The maximum atomic E-state index is 12.3. The summed E-state index contributed by atoms with van der Waals surface area (Å²) < 4.78 is 6.29. The fourth-order valence-corrected chi connectivity index (χ4v) is 3.67. The van der Waals surface area contributed by atoms with Gasteiger partial charge in [-0.1, -0.05) is 30.9 Å². The predicted molar refractivity (Wildman–Crippen MR) is 101 cm³/mol. The Labute approximate surface area is 153 Å². The number of non-ortho nitro benzene ring substituents is 1. The minimum absolute atomic E-state index is 0.0233. The molecule has 0 atom stereocenters. The van der Waals surface area contributed by atoms with E-state index in [1.165, 1.54) is 23.9 Å². The molecule has 6 nitrogen and oxygen atoms in total. The molecule has 1 saturated heterocycles. The first kappa shape index (κ1) is 17.4. The highest BCUT2D eigenvalue weighted by Gasteiger charge is 2.31. The van der Waals surface area contributed by atoms with Gasteiger partial charge >= 0.3 is 0 Å². The molecule has 1 amide bonds. The molecule has 0 aliphatic carbocycles. The maximum absolute atomic E-state index is 12.3. The van der Waals surface area contributed by atoms with Crippen molar-refractivity contribution >= 4 is 46.0 Å². The molecule has 1 fully saturated rings. The molecule has 8 heteroatoms. The zero-order chi connectivity index (χ0) is 18.0. The molecule has 0 unspecified atom stereocenters. The molecule has 1 aliphatic rings. The van der Waals surface area contributed by atoms with Gasteiger partial charge in [0.1, 0.15) is 15.8 Å². The van der Waals surface area contributed by atoms with E-state index in [4.69, 9.17) is 16.6 Å². The highest BCUT2D eigenvalue weighted by atomic mass is 32.2. The third kappa shape index (κ3) is 3.64. The Balaban J connectivity index is 1.81. The lowest BCUT2D eigenvalue weighted by atomic mass is 10.1. The normalized spacial score (nSPS) is 16.0. The molecule has 25 heavy (non-hydrogen) atoms. The number of rotatable bonds is 5. The summed E-state index contributed by atoms with van der Waals surface area (Å²) in [6.07, 6.45) is 2.51. The summed E-state index contributed by atoms with van der Waals surface area (Å²) in [7, 11) is 0. The molecular formula is C17H14N2O4S2. The standard InChI is InChI=1S/C17H14N2O4S2/c1-2-9-18-16(20)15(25-17(18)24)10-13-7-8-14(23-13)11-3-5-12(6-4-11)19(21)22/h3-8,10H,2,9H2,1H3/b15-10-. The van der Waals surface area contributed by atoms with Gasteiger partial charge in [-0.2, -0.15) is 0 Å². The Hall–Kier alpha value is -2.45. The number of thiocarbonyl (C=S) groups is 1. The molecule has 1 aliphatic heterocycles. The number of benzene rings is 1. The van der Waals surface area contributed by atoms with Gasteiger partial charge in [-0.15, -0.1) is 0 Å². The molecule has 2 aromatic rings. The van der Waals surface area contributed by atoms with Crippen molar-refractivity contribution in [3.8, 4) is 11.3 Å². The molecule has 1 aromatic heterocycles. The van der Waals surface area contributed by atoms with Crippen LogP contribution in [0.3, 0.4) is 0 Å². The molecule has 0 spiro atoms. The van der Waals surface area contributed by atoms with Gasteiger partial charge in [0.2, 0.25) is 0 Å². The number of nitrogens with zero attached hydrogens (tertiary/aromatic N) is 2. The first-order chi connectivity index (χ1) is 12.0. The summed E-state index contributed by atoms with van der Waals surface area (Å²) in [4.78, 5) is 24.7. The number of nitro groups is 1. The predicted octanol–water partition coefficient (Wildman–Crippen LogP) is 4.47. The number of carbonyl (C=O) groups excluding carboxylic acids is 1. The number of carbonyl (C=O) groups is 1. The Morgan fingerprint density at radius 3 is 2.64 bits per heavy atom. The minimum Gasteiger partial charge on any atom is -0.457 e. The zero-order valence-electron chi connectivity index (χ0n) is 13.3. The SMILES string of the molecule is CCCN1C(=O)/C(=C/c2ccc(-c3ccc([N+](=O)[O-])cc3)o2)SC1=S. The third-order valence-corrected chi connectivity index (χ3v) is 4.96. The Bertz CT molecular complexity index is 871. The van der Waals surface area contributed by atoms with Crippen molar-refractivity contribution < 1.29 is 14.1 Å². The second kappa shape index (κ2) is 7.20. The summed E-state index contributed by atoms with van der Waals surface area (Å²) in [5.41, 5.74) is 0.749. The van der Waals surface area contributed by atoms with Gasteiger partial charge in [-0.3, -0.25) is 19.8 Å². The molecule has 0 radical (unpaired) electrons. The van der Waals surface area contributed by atoms with Gasteiger partial charge in [0.15, 0.2) is 0 Å². The van der Waals surface area contributed by atoms with E-state index < -0.39 is 4.92 Å². The van der Waals surface area contributed by atoms with Crippen LogP contribution in [0.2, 0.25) is 0 Å². The molecule has 0 bridgehead atoms. The quantitative estimate of drug-likeness (QED) is 0.333. The van der Waals surface area contributed by atoms with Gasteiger partial charge in [-0.25, -0.2) is 0 Å². The van der Waals surface area contributed by atoms with Gasteiger partial charge in [-0.05, 0) is 30.7 Å². The monoisotopic (exact) mass is 374 g/mol. The van der Waals surface area contributed by atoms with Crippen LogP contribution in [0.1, 0.15) is 19.1 Å². The molecule has 128 valence electrons. The second-order valence-corrected chi connectivity index (χ2v) is 7.02. The van der Waals surface area contributed by atoms with Crippen molar-refractivity contribution in [1.82, 2.24) is 4.90 Å². The highest BCUT2D eigenvalue weighted by molar-refractivity contribution is 8.26. The summed E-state index contributed by atoms with van der Waals surface area (Å²) in [6.45, 7) is 2.60. The Morgan fingerprint density at radius 1 is 1.28 bits per heavy atom. The van der Waals surface area contributed by atoms with Crippen LogP contribution >= 0.6 is 24.0 Å². The molecular weight excluding hydrogens is 360 g/mol. The largest absolute Gasteiger partial charge is 0.457 e. The van der Waals surface area contributed by atoms with E-state index >= 15 is 0 Å². The fraction of sp³-hybridized carbons (Fsp3) is 0.176. The van der Waals surface area contributed by atoms with Crippen LogP contribution in [0.4, 0.5) is 5.69 Å². The fourth-order valence-electron chi connectivity index (χ4n) is 2.38. The number of hydrogen-bond acceptors (Lipinski definition) is 6. The van der Waals surface area contributed by atoms with Gasteiger partial charge in [0.25, 0.3) is 11.6 Å². The first-order valence-electron chi connectivity index (χ1n) is 7.59. The number of thioether (sulfide) groups is 1. The number of furan rings is 1. The summed E-state index contributed by atoms with van der Waals surface area (Å²) in [5, 5.41) is 10.7. The molecule has 1 aromatic carbocycles. The van der Waals surface area contributed by atoms with E-state index in [0.29, 0.717) is 27.3 Å². The second-order valence-electron chi connectivity index (χ2n) is 5.34. The lowest BCUT2D eigenvalue weighted by Crippen LogP contribution is -2.28. The highest BCUT2D eigenvalue weighted by Crippen LogP contribution is 2.33. The molecule has 0 N–H and O–H groups in total. The van der Waals surface area contributed by atoms with E-state index in [-0.39, 0.29) is 11.6 Å². The van der Waals surface area contributed by atoms with Crippen molar-refractivity contribution in [1.29, 1.82) is 0 Å². The molecule has 3 rings (SSSR count). The van der Waals surface area contributed by atoms with E-state index in [1.807, 2.05) is 6.92 Å². The number of hydrogen-bond donors (Lipinski definition) is 0. The Morgan fingerprint density at radius 2 is 2.00 bits per heavy atom. The van der Waals surface area contributed by atoms with Crippen molar-refractivity contribution in [3.05, 3.63) is 57.2 Å². The van der Waals surface area contributed by atoms with Gasteiger partial charge in [0.05, 0.1) is 9.83 Å². The van der Waals surface area contributed by atoms with Crippen molar-refractivity contribution in [2.24, 2.45) is 0 Å². The van der Waals surface area contributed by atoms with Crippen LogP contribution in [-0.4, -0.2) is 26.6 Å². The maximum Gasteiger partial charge on any atom is 0.269 e. The summed E-state index contributed by atoms with van der Waals surface area (Å²) >= 11 is 6.49. The van der Waals surface area contributed by atoms with Crippen LogP contribution in [-0.2, 0) is 4.79 Å². The van der Waals surface area contributed by atoms with Crippen LogP contribution in [0.15, 0.2) is 45.7 Å².